The molecule has 96 valence electrons. The summed E-state index contributed by atoms with van der Waals surface area (Å²) in [5.41, 5.74) is 1.82. The van der Waals surface area contributed by atoms with Crippen LogP contribution in [0.25, 0.3) is 0 Å². The normalized spacial score (nSPS) is 12.4. The lowest BCUT2D eigenvalue weighted by atomic mass is 10.1. The number of nitrogens with zero attached hydrogens (tertiary/aromatic N) is 2. The molecule has 0 fully saturated rings. The largest absolute Gasteiger partial charge is 0.496 e. The molecule has 2 aromatic rings. The molecule has 18 heavy (non-hydrogen) atoms. The highest BCUT2D eigenvalue weighted by atomic mass is 79.9. The zero-order chi connectivity index (χ0) is 13.1. The van der Waals surface area contributed by atoms with E-state index in [2.05, 4.69) is 25.5 Å². The Morgan fingerprint density at radius 3 is 2.83 bits per heavy atom. The second-order valence-electron chi connectivity index (χ2n) is 3.91. The molecule has 0 radical (unpaired) electrons. The molecule has 2 rings (SSSR count). The molecule has 0 aliphatic heterocycles. The molecular formula is C12H13BrN2O2S. The Balaban J connectivity index is 2.15. The number of aliphatic hydroxyl groups is 1. The van der Waals surface area contributed by atoms with Crippen LogP contribution in [0.3, 0.4) is 0 Å². The van der Waals surface area contributed by atoms with Gasteiger partial charge >= 0.3 is 0 Å². The zero-order valence-corrected chi connectivity index (χ0v) is 12.5. The van der Waals surface area contributed by atoms with E-state index in [-0.39, 0.29) is 0 Å². The average molecular weight is 329 g/mol. The van der Waals surface area contributed by atoms with Gasteiger partial charge in [0.05, 0.1) is 28.3 Å². The van der Waals surface area contributed by atoms with Crippen LogP contribution in [0.4, 0.5) is 0 Å². The van der Waals surface area contributed by atoms with Crippen LogP contribution in [0.15, 0.2) is 22.7 Å². The van der Waals surface area contributed by atoms with Crippen molar-refractivity contribution in [3.05, 3.63) is 38.8 Å². The second-order valence-corrected chi connectivity index (χ2v) is 5.55. The van der Waals surface area contributed by atoms with Crippen LogP contribution in [0.2, 0.25) is 0 Å². The van der Waals surface area contributed by atoms with Crippen LogP contribution < -0.4 is 4.74 Å². The number of hydrogen-bond acceptors (Lipinski definition) is 5. The molecule has 0 aliphatic rings. The van der Waals surface area contributed by atoms with E-state index < -0.39 is 6.10 Å². The van der Waals surface area contributed by atoms with Crippen molar-refractivity contribution in [3.63, 3.8) is 0 Å². The summed E-state index contributed by atoms with van der Waals surface area (Å²) < 4.78 is 9.88. The van der Waals surface area contributed by atoms with Crippen molar-refractivity contribution in [1.29, 1.82) is 0 Å². The van der Waals surface area contributed by atoms with Gasteiger partial charge in [0.25, 0.3) is 0 Å². The maximum Gasteiger partial charge on any atom is 0.133 e. The van der Waals surface area contributed by atoms with E-state index in [4.69, 9.17) is 4.74 Å². The number of aliphatic hydroxyl groups excluding tert-OH is 1. The molecule has 1 aromatic carbocycles. The topological polar surface area (TPSA) is 55.2 Å². The third-order valence-electron chi connectivity index (χ3n) is 2.63. The lowest BCUT2D eigenvalue weighted by molar-refractivity contribution is 0.181. The van der Waals surface area contributed by atoms with Crippen LogP contribution in [-0.4, -0.2) is 21.8 Å². The van der Waals surface area contributed by atoms with Gasteiger partial charge < -0.3 is 9.84 Å². The smallest absolute Gasteiger partial charge is 0.133 e. The molecule has 4 nitrogen and oxygen atoms in total. The van der Waals surface area contributed by atoms with E-state index in [1.54, 1.807) is 7.11 Å². The van der Waals surface area contributed by atoms with Crippen molar-refractivity contribution in [3.8, 4) is 5.75 Å². The molecule has 6 heteroatoms. The third-order valence-corrected chi connectivity index (χ3v) is 4.18. The SMILES string of the molecule is COc1ccc(CC(O)c2snnc2C)cc1Br. The molecule has 0 amide bonds. The van der Waals surface area contributed by atoms with E-state index in [0.717, 1.165) is 26.4 Å². The maximum absolute atomic E-state index is 10.1. The minimum absolute atomic E-state index is 0.535. The van der Waals surface area contributed by atoms with E-state index in [9.17, 15) is 5.11 Å². The van der Waals surface area contributed by atoms with Gasteiger partial charge in [-0.2, -0.15) is 0 Å². The average Bonchev–Trinajstić information content (AvgIpc) is 2.76. The fraction of sp³-hybridized carbons (Fsp3) is 0.333. The second kappa shape index (κ2) is 5.77. The number of rotatable bonds is 4. The summed E-state index contributed by atoms with van der Waals surface area (Å²) in [5.74, 6) is 0.781. The van der Waals surface area contributed by atoms with Gasteiger partial charge in [-0.25, -0.2) is 0 Å². The Labute approximate surface area is 118 Å². The highest BCUT2D eigenvalue weighted by Gasteiger charge is 2.15. The highest BCUT2D eigenvalue weighted by molar-refractivity contribution is 9.10. The lowest BCUT2D eigenvalue weighted by Crippen LogP contribution is -2.01. The van der Waals surface area contributed by atoms with Gasteiger partial charge in [0.1, 0.15) is 5.75 Å². The van der Waals surface area contributed by atoms with E-state index in [0.29, 0.717) is 6.42 Å². The van der Waals surface area contributed by atoms with Crippen molar-refractivity contribution < 1.29 is 9.84 Å². The molecule has 1 N–H and O–H groups in total. The number of hydrogen-bond donors (Lipinski definition) is 1. The van der Waals surface area contributed by atoms with Gasteiger partial charge in [0, 0.05) is 6.42 Å². The number of aryl methyl sites for hydroxylation is 1. The lowest BCUT2D eigenvalue weighted by Gasteiger charge is -2.10. The molecule has 0 aliphatic carbocycles. The molecule has 1 aromatic heterocycles. The molecule has 0 spiro atoms. The number of benzene rings is 1. The van der Waals surface area contributed by atoms with Gasteiger partial charge in [-0.05, 0) is 52.1 Å². The first-order chi connectivity index (χ1) is 8.61. The first kappa shape index (κ1) is 13.5. The summed E-state index contributed by atoms with van der Waals surface area (Å²) in [6, 6.07) is 5.77. The van der Waals surface area contributed by atoms with E-state index >= 15 is 0 Å². The van der Waals surface area contributed by atoms with Gasteiger partial charge in [-0.3, -0.25) is 0 Å². The molecular weight excluding hydrogens is 316 g/mol. The van der Waals surface area contributed by atoms with Crippen LogP contribution in [0, 0.1) is 6.92 Å². The quantitative estimate of drug-likeness (QED) is 0.937. The number of ether oxygens (including phenoxy) is 1. The number of methoxy groups -OCH3 is 1. The Kier molecular flexibility index (Phi) is 4.31. The fourth-order valence-corrected chi connectivity index (χ4v) is 2.91. The van der Waals surface area contributed by atoms with Crippen LogP contribution >= 0.6 is 27.5 Å². The first-order valence-electron chi connectivity index (χ1n) is 5.41. The van der Waals surface area contributed by atoms with Crippen molar-refractivity contribution in [2.75, 3.05) is 7.11 Å². The Morgan fingerprint density at radius 1 is 1.50 bits per heavy atom. The van der Waals surface area contributed by atoms with E-state index in [1.165, 1.54) is 11.5 Å². The van der Waals surface area contributed by atoms with Crippen LogP contribution in [-0.2, 0) is 6.42 Å². The summed E-state index contributed by atoms with van der Waals surface area (Å²) in [6.45, 7) is 1.85. The Bertz CT molecular complexity index is 545. The van der Waals surface area contributed by atoms with Gasteiger partial charge in [-0.15, -0.1) is 5.10 Å². The van der Waals surface area contributed by atoms with Gasteiger partial charge in [0.2, 0.25) is 0 Å². The van der Waals surface area contributed by atoms with Crippen LogP contribution in [0.1, 0.15) is 22.2 Å². The molecule has 1 heterocycles. The molecule has 0 saturated carbocycles. The third kappa shape index (κ3) is 2.88. The van der Waals surface area contributed by atoms with Gasteiger partial charge in [0.15, 0.2) is 0 Å². The minimum Gasteiger partial charge on any atom is -0.496 e. The molecule has 0 bridgehead atoms. The van der Waals surface area contributed by atoms with Gasteiger partial charge in [-0.1, -0.05) is 10.6 Å². The zero-order valence-electron chi connectivity index (χ0n) is 10.1. The fourth-order valence-electron chi connectivity index (χ4n) is 1.70. The minimum atomic E-state index is -0.565. The summed E-state index contributed by atoms with van der Waals surface area (Å²) in [5, 5.41) is 14.0. The maximum atomic E-state index is 10.1. The molecule has 1 atom stereocenters. The predicted octanol–water partition coefficient (Wildman–Crippen LogP) is 2.89. The summed E-state index contributed by atoms with van der Waals surface area (Å²) in [7, 11) is 1.63. The predicted molar refractivity (Wildman–Crippen MR) is 74.0 cm³/mol. The van der Waals surface area contributed by atoms with Crippen LogP contribution in [0.5, 0.6) is 5.75 Å². The standard InChI is InChI=1S/C12H13BrN2O2S/c1-7-12(18-15-14-7)10(16)6-8-3-4-11(17-2)9(13)5-8/h3-5,10,16H,6H2,1-2H3. The van der Waals surface area contributed by atoms with Crippen molar-refractivity contribution in [2.45, 2.75) is 19.4 Å². The summed E-state index contributed by atoms with van der Waals surface area (Å²) >= 11 is 4.67. The molecule has 1 unspecified atom stereocenters. The van der Waals surface area contributed by atoms with Crippen molar-refractivity contribution in [1.82, 2.24) is 9.59 Å². The number of aromatic nitrogens is 2. The molecule has 0 saturated heterocycles. The highest BCUT2D eigenvalue weighted by Crippen LogP contribution is 2.29. The first-order valence-corrected chi connectivity index (χ1v) is 6.97. The Hall–Kier alpha value is -0.980. The number of halogens is 1. The van der Waals surface area contributed by atoms with E-state index in [1.807, 2.05) is 25.1 Å². The summed E-state index contributed by atoms with van der Waals surface area (Å²) in [6.07, 6.45) is -0.0295. The summed E-state index contributed by atoms with van der Waals surface area (Å²) in [4.78, 5) is 0.821. The Morgan fingerprint density at radius 2 is 2.28 bits per heavy atom. The monoisotopic (exact) mass is 328 g/mol. The van der Waals surface area contributed by atoms with Crippen molar-refractivity contribution >= 4 is 27.5 Å². The van der Waals surface area contributed by atoms with Crippen molar-refractivity contribution in [2.24, 2.45) is 0 Å².